The predicted molar refractivity (Wildman–Crippen MR) is 67.2 cm³/mol. The van der Waals surface area contributed by atoms with E-state index in [9.17, 15) is 9.50 Å². The van der Waals surface area contributed by atoms with Gasteiger partial charge in [0.1, 0.15) is 5.82 Å². The van der Waals surface area contributed by atoms with Gasteiger partial charge in [-0.25, -0.2) is 9.07 Å². The van der Waals surface area contributed by atoms with Gasteiger partial charge in [0.25, 0.3) is 0 Å². The summed E-state index contributed by atoms with van der Waals surface area (Å²) in [4.78, 5) is 0.384. The molecule has 2 aromatic rings. The molecule has 1 atom stereocenters. The van der Waals surface area contributed by atoms with E-state index in [1.54, 1.807) is 23.7 Å². The van der Waals surface area contributed by atoms with Crippen molar-refractivity contribution in [2.45, 2.75) is 42.0 Å². The first kappa shape index (κ1) is 12.6. The quantitative estimate of drug-likeness (QED) is 0.931. The van der Waals surface area contributed by atoms with Crippen molar-refractivity contribution in [1.29, 1.82) is 0 Å². The van der Waals surface area contributed by atoms with E-state index in [-0.39, 0.29) is 5.82 Å². The number of nitrogens with zero attached hydrogens (tertiary/aromatic N) is 4. The van der Waals surface area contributed by atoms with E-state index in [0.29, 0.717) is 21.7 Å². The summed E-state index contributed by atoms with van der Waals surface area (Å²) in [5.74, 6) is -0.367. The molecular weight excluding hydrogens is 267 g/mol. The number of benzene rings is 1. The molecule has 1 aliphatic carbocycles. The molecule has 0 bridgehead atoms. The minimum absolute atomic E-state index is 0.333. The van der Waals surface area contributed by atoms with Gasteiger partial charge in [0, 0.05) is 0 Å². The highest BCUT2D eigenvalue weighted by molar-refractivity contribution is 7.99. The lowest BCUT2D eigenvalue weighted by molar-refractivity contribution is 0.195. The Labute approximate surface area is 113 Å². The van der Waals surface area contributed by atoms with Crippen LogP contribution < -0.4 is 0 Å². The third-order valence-electron chi connectivity index (χ3n) is 3.00. The highest BCUT2D eigenvalue weighted by atomic mass is 32.2. The molecule has 100 valence electrons. The van der Waals surface area contributed by atoms with E-state index in [0.717, 1.165) is 24.6 Å². The molecule has 19 heavy (non-hydrogen) atoms. The van der Waals surface area contributed by atoms with Crippen LogP contribution in [0, 0.1) is 5.82 Å². The Balaban J connectivity index is 1.96. The van der Waals surface area contributed by atoms with Crippen molar-refractivity contribution in [3.63, 3.8) is 0 Å². The Kier molecular flexibility index (Phi) is 3.24. The standard InChI is InChI=1S/C12H13FN4OS/c1-7(18)9-3-2-4-10(13)11(9)19-12-14-15-16-17(12)8-5-6-8/h2-4,7-8,18H,5-6H2,1H3/t7-/m0/s1. The van der Waals surface area contributed by atoms with Gasteiger partial charge in [0.2, 0.25) is 5.16 Å². The summed E-state index contributed by atoms with van der Waals surface area (Å²) in [6, 6.07) is 5.01. The number of aromatic nitrogens is 4. The van der Waals surface area contributed by atoms with Crippen LogP contribution in [0.4, 0.5) is 4.39 Å². The first-order chi connectivity index (χ1) is 9.16. The van der Waals surface area contributed by atoms with Crippen LogP contribution in [0.5, 0.6) is 0 Å². The Bertz CT molecular complexity index is 597. The van der Waals surface area contributed by atoms with Gasteiger partial charge < -0.3 is 5.11 Å². The second-order valence-electron chi connectivity index (χ2n) is 4.57. The van der Waals surface area contributed by atoms with E-state index in [2.05, 4.69) is 15.5 Å². The highest BCUT2D eigenvalue weighted by Gasteiger charge is 2.29. The predicted octanol–water partition coefficient (Wildman–Crippen LogP) is 2.35. The number of tetrazole rings is 1. The van der Waals surface area contributed by atoms with Gasteiger partial charge >= 0.3 is 0 Å². The van der Waals surface area contributed by atoms with Crippen LogP contribution in [0.3, 0.4) is 0 Å². The molecule has 0 unspecified atom stereocenters. The molecule has 1 aliphatic rings. The normalized spacial score (nSPS) is 16.6. The van der Waals surface area contributed by atoms with Crippen molar-refractivity contribution in [1.82, 2.24) is 20.2 Å². The maximum atomic E-state index is 13.9. The molecule has 1 fully saturated rings. The molecule has 0 radical (unpaired) electrons. The summed E-state index contributed by atoms with van der Waals surface area (Å²) in [6.45, 7) is 1.61. The van der Waals surface area contributed by atoms with Gasteiger partial charge in [0.05, 0.1) is 17.0 Å². The first-order valence-electron chi connectivity index (χ1n) is 6.09. The maximum Gasteiger partial charge on any atom is 0.214 e. The summed E-state index contributed by atoms with van der Waals surface area (Å²) >= 11 is 1.16. The van der Waals surface area contributed by atoms with E-state index in [4.69, 9.17) is 0 Å². The van der Waals surface area contributed by atoms with Crippen LogP contribution >= 0.6 is 11.8 Å². The van der Waals surface area contributed by atoms with Crippen LogP contribution in [0.15, 0.2) is 28.3 Å². The SMILES string of the molecule is C[C@H](O)c1cccc(F)c1Sc1nnnn1C1CC1. The fraction of sp³-hybridized carbons (Fsp3) is 0.417. The third kappa shape index (κ3) is 2.48. The zero-order valence-corrected chi connectivity index (χ0v) is 11.1. The van der Waals surface area contributed by atoms with Crippen molar-refractivity contribution in [2.24, 2.45) is 0 Å². The number of aliphatic hydroxyl groups excluding tert-OH is 1. The Morgan fingerprint density at radius 3 is 2.95 bits per heavy atom. The zero-order chi connectivity index (χ0) is 13.4. The van der Waals surface area contributed by atoms with Crippen LogP contribution in [-0.2, 0) is 0 Å². The second-order valence-corrected chi connectivity index (χ2v) is 5.55. The molecule has 1 N–H and O–H groups in total. The molecule has 7 heteroatoms. The second kappa shape index (κ2) is 4.90. The van der Waals surface area contributed by atoms with E-state index < -0.39 is 6.10 Å². The molecule has 1 heterocycles. The lowest BCUT2D eigenvalue weighted by atomic mass is 10.1. The Morgan fingerprint density at radius 2 is 2.26 bits per heavy atom. The molecule has 0 amide bonds. The average molecular weight is 280 g/mol. The molecule has 3 rings (SSSR count). The van der Waals surface area contributed by atoms with Crippen LogP contribution in [-0.4, -0.2) is 25.3 Å². The monoisotopic (exact) mass is 280 g/mol. The lowest BCUT2D eigenvalue weighted by Gasteiger charge is -2.11. The fourth-order valence-electron chi connectivity index (χ4n) is 1.85. The zero-order valence-electron chi connectivity index (χ0n) is 10.3. The number of rotatable bonds is 4. The maximum absolute atomic E-state index is 13.9. The summed E-state index contributed by atoms with van der Waals surface area (Å²) < 4.78 is 15.7. The number of halogens is 1. The van der Waals surface area contributed by atoms with Crippen LogP contribution in [0.1, 0.15) is 37.5 Å². The van der Waals surface area contributed by atoms with Crippen molar-refractivity contribution >= 4 is 11.8 Å². The molecule has 0 spiro atoms. The number of aliphatic hydroxyl groups is 1. The molecular formula is C12H13FN4OS. The van der Waals surface area contributed by atoms with Crippen molar-refractivity contribution in [3.8, 4) is 0 Å². The average Bonchev–Trinajstić information content (AvgIpc) is 3.12. The molecule has 1 aromatic carbocycles. The topological polar surface area (TPSA) is 63.8 Å². The minimum atomic E-state index is -0.733. The smallest absolute Gasteiger partial charge is 0.214 e. The van der Waals surface area contributed by atoms with Crippen molar-refractivity contribution in [3.05, 3.63) is 29.6 Å². The third-order valence-corrected chi connectivity index (χ3v) is 4.08. The van der Waals surface area contributed by atoms with Gasteiger partial charge in [-0.2, -0.15) is 0 Å². The van der Waals surface area contributed by atoms with Crippen LogP contribution in [0.2, 0.25) is 0 Å². The van der Waals surface area contributed by atoms with Gasteiger partial charge in [0.15, 0.2) is 0 Å². The highest BCUT2D eigenvalue weighted by Crippen LogP contribution is 2.40. The van der Waals surface area contributed by atoms with E-state index in [1.165, 1.54) is 6.07 Å². The van der Waals surface area contributed by atoms with Crippen LogP contribution in [0.25, 0.3) is 0 Å². The molecule has 0 aliphatic heterocycles. The van der Waals surface area contributed by atoms with E-state index in [1.807, 2.05) is 0 Å². The Hall–Kier alpha value is -1.47. The summed E-state index contributed by atoms with van der Waals surface area (Å²) in [5, 5.41) is 21.8. The number of hydrogen-bond acceptors (Lipinski definition) is 5. The fourth-order valence-corrected chi connectivity index (χ4v) is 2.92. The van der Waals surface area contributed by atoms with E-state index >= 15 is 0 Å². The summed E-state index contributed by atoms with van der Waals surface area (Å²) in [6.07, 6.45) is 1.38. The molecule has 5 nitrogen and oxygen atoms in total. The summed E-state index contributed by atoms with van der Waals surface area (Å²) in [7, 11) is 0. The molecule has 1 saturated carbocycles. The van der Waals surface area contributed by atoms with Gasteiger partial charge in [-0.1, -0.05) is 12.1 Å². The van der Waals surface area contributed by atoms with Gasteiger partial charge in [-0.15, -0.1) is 5.10 Å². The van der Waals surface area contributed by atoms with Crippen molar-refractivity contribution in [2.75, 3.05) is 0 Å². The largest absolute Gasteiger partial charge is 0.389 e. The molecule has 1 aromatic heterocycles. The van der Waals surface area contributed by atoms with Gasteiger partial charge in [-0.3, -0.25) is 0 Å². The first-order valence-corrected chi connectivity index (χ1v) is 6.90. The number of hydrogen-bond donors (Lipinski definition) is 1. The summed E-state index contributed by atoms with van der Waals surface area (Å²) in [5.41, 5.74) is 0.551. The van der Waals surface area contributed by atoms with Crippen molar-refractivity contribution < 1.29 is 9.50 Å². The lowest BCUT2D eigenvalue weighted by Crippen LogP contribution is -2.01. The van der Waals surface area contributed by atoms with Gasteiger partial charge in [-0.05, 0) is 53.6 Å². The Morgan fingerprint density at radius 1 is 1.47 bits per heavy atom. The molecule has 0 saturated heterocycles. The minimum Gasteiger partial charge on any atom is -0.389 e.